The summed E-state index contributed by atoms with van der Waals surface area (Å²) in [6.07, 6.45) is 3.28. The Bertz CT molecular complexity index is 1150. The number of esters is 1. The molecule has 1 N–H and O–H groups in total. The first kappa shape index (κ1) is 24.2. The van der Waals surface area contributed by atoms with Crippen LogP contribution in [0.25, 0.3) is 5.57 Å². The minimum absolute atomic E-state index is 0.155. The van der Waals surface area contributed by atoms with Crippen LogP contribution in [0.1, 0.15) is 64.6 Å². The predicted octanol–water partition coefficient (Wildman–Crippen LogP) is 5.18. The van der Waals surface area contributed by atoms with Crippen molar-refractivity contribution < 1.29 is 19.1 Å². The summed E-state index contributed by atoms with van der Waals surface area (Å²) in [6, 6.07) is 10.2. The van der Waals surface area contributed by atoms with E-state index < -0.39 is 5.54 Å². The summed E-state index contributed by atoms with van der Waals surface area (Å²) >= 11 is 0. The highest BCUT2D eigenvalue weighted by molar-refractivity contribution is 6.24. The first-order valence-electron chi connectivity index (χ1n) is 12.1. The van der Waals surface area contributed by atoms with Crippen molar-refractivity contribution >= 4 is 17.4 Å². The van der Waals surface area contributed by atoms with Gasteiger partial charge in [0.05, 0.1) is 23.6 Å². The normalized spacial score (nSPS) is 22.3. The zero-order valence-electron chi connectivity index (χ0n) is 21.1. The van der Waals surface area contributed by atoms with Gasteiger partial charge >= 0.3 is 5.97 Å². The maximum Gasteiger partial charge on any atom is 0.315 e. The SMILES string of the molecule is COC1CCC2(CC1)NC(=O)C(c1cc(C)ccc1C)=C2OC(=O)Cc1c(C)cc(C)cc1C. The van der Waals surface area contributed by atoms with Crippen LogP contribution >= 0.6 is 0 Å². The lowest BCUT2D eigenvalue weighted by atomic mass is 9.79. The van der Waals surface area contributed by atoms with Gasteiger partial charge in [-0.3, -0.25) is 9.59 Å². The molecule has 1 fully saturated rings. The number of hydrogen-bond acceptors (Lipinski definition) is 4. The van der Waals surface area contributed by atoms with Crippen molar-refractivity contribution in [3.8, 4) is 0 Å². The fourth-order valence-electron chi connectivity index (χ4n) is 5.53. The molecular formula is C29H35NO4. The van der Waals surface area contributed by atoms with E-state index in [1.54, 1.807) is 7.11 Å². The molecule has 0 unspecified atom stereocenters. The molecular weight excluding hydrogens is 426 g/mol. The van der Waals surface area contributed by atoms with Gasteiger partial charge < -0.3 is 14.8 Å². The van der Waals surface area contributed by atoms with E-state index in [-0.39, 0.29) is 24.4 Å². The second-order valence-electron chi connectivity index (χ2n) is 10.0. The average Bonchev–Trinajstić information content (AvgIpc) is 3.03. The summed E-state index contributed by atoms with van der Waals surface area (Å²) in [5.41, 5.74) is 6.99. The first-order valence-corrected chi connectivity index (χ1v) is 12.1. The van der Waals surface area contributed by atoms with Crippen LogP contribution in [-0.2, 0) is 25.5 Å². The molecule has 5 nitrogen and oxygen atoms in total. The number of aryl methyl sites for hydroxylation is 5. The topological polar surface area (TPSA) is 64.6 Å². The van der Waals surface area contributed by atoms with E-state index in [1.165, 1.54) is 5.56 Å². The molecule has 2 aliphatic rings. The molecule has 1 heterocycles. The van der Waals surface area contributed by atoms with Gasteiger partial charge in [-0.2, -0.15) is 0 Å². The van der Waals surface area contributed by atoms with Crippen molar-refractivity contribution in [3.05, 3.63) is 75.0 Å². The highest BCUT2D eigenvalue weighted by Crippen LogP contribution is 2.44. The minimum atomic E-state index is -0.676. The Morgan fingerprint density at radius 2 is 1.62 bits per heavy atom. The standard InChI is InChI=1S/C29H35NO4/c1-17-7-8-19(3)24(15-17)26-27(29(30-28(26)32)11-9-22(33-6)10-12-29)34-25(31)16-23-20(4)13-18(2)14-21(23)5/h7-8,13-15,22H,9-12,16H2,1-6H3,(H,30,32). The van der Waals surface area contributed by atoms with Crippen molar-refractivity contribution in [3.63, 3.8) is 0 Å². The Kier molecular flexibility index (Phi) is 6.68. The third-order valence-electron chi connectivity index (χ3n) is 7.40. The van der Waals surface area contributed by atoms with E-state index in [0.29, 0.717) is 24.2 Å². The summed E-state index contributed by atoms with van der Waals surface area (Å²) < 4.78 is 11.7. The third kappa shape index (κ3) is 4.54. The second kappa shape index (κ2) is 9.38. The van der Waals surface area contributed by atoms with Gasteiger partial charge in [-0.05, 0) is 88.1 Å². The molecule has 1 aliphatic carbocycles. The molecule has 4 rings (SSSR count). The van der Waals surface area contributed by atoms with Crippen molar-refractivity contribution in [2.45, 2.75) is 78.4 Å². The molecule has 1 amide bonds. The average molecular weight is 462 g/mol. The zero-order valence-corrected chi connectivity index (χ0v) is 21.1. The molecule has 0 atom stereocenters. The lowest BCUT2D eigenvalue weighted by Crippen LogP contribution is -2.49. The molecule has 1 aliphatic heterocycles. The molecule has 1 spiro atoms. The molecule has 0 radical (unpaired) electrons. The van der Waals surface area contributed by atoms with E-state index in [0.717, 1.165) is 46.2 Å². The first-order chi connectivity index (χ1) is 16.1. The molecule has 5 heteroatoms. The molecule has 2 aromatic carbocycles. The Labute approximate surface area is 202 Å². The zero-order chi connectivity index (χ0) is 24.6. The van der Waals surface area contributed by atoms with Crippen LogP contribution in [0.15, 0.2) is 36.1 Å². The fourth-order valence-corrected chi connectivity index (χ4v) is 5.53. The van der Waals surface area contributed by atoms with Gasteiger partial charge in [0.25, 0.3) is 5.91 Å². The lowest BCUT2D eigenvalue weighted by molar-refractivity contribution is -0.140. The van der Waals surface area contributed by atoms with Crippen molar-refractivity contribution in [1.82, 2.24) is 5.32 Å². The summed E-state index contributed by atoms with van der Waals surface area (Å²) in [7, 11) is 1.72. The number of carbonyl (C=O) groups is 2. The lowest BCUT2D eigenvalue weighted by Gasteiger charge is -2.37. The van der Waals surface area contributed by atoms with Gasteiger partial charge in [0.15, 0.2) is 0 Å². The third-order valence-corrected chi connectivity index (χ3v) is 7.40. The number of carbonyl (C=O) groups excluding carboxylic acids is 2. The van der Waals surface area contributed by atoms with Crippen LogP contribution in [0.3, 0.4) is 0 Å². The van der Waals surface area contributed by atoms with Crippen LogP contribution in [0.2, 0.25) is 0 Å². The number of nitrogens with one attached hydrogen (secondary N) is 1. The molecule has 1 saturated carbocycles. The number of ether oxygens (including phenoxy) is 2. The van der Waals surface area contributed by atoms with Crippen molar-refractivity contribution in [2.75, 3.05) is 7.11 Å². The van der Waals surface area contributed by atoms with Gasteiger partial charge in [0.2, 0.25) is 0 Å². The van der Waals surface area contributed by atoms with Crippen LogP contribution in [0.5, 0.6) is 0 Å². The monoisotopic (exact) mass is 461 g/mol. The van der Waals surface area contributed by atoms with Gasteiger partial charge in [-0.1, -0.05) is 41.5 Å². The Morgan fingerprint density at radius 1 is 0.971 bits per heavy atom. The number of methoxy groups -OCH3 is 1. The molecule has 0 aromatic heterocycles. The van der Waals surface area contributed by atoms with E-state index in [2.05, 4.69) is 24.4 Å². The Hall–Kier alpha value is -2.92. The van der Waals surface area contributed by atoms with Crippen molar-refractivity contribution in [2.24, 2.45) is 0 Å². The summed E-state index contributed by atoms with van der Waals surface area (Å²) in [4.78, 5) is 26.7. The van der Waals surface area contributed by atoms with E-state index in [4.69, 9.17) is 9.47 Å². The van der Waals surface area contributed by atoms with Gasteiger partial charge in [0.1, 0.15) is 5.76 Å². The number of rotatable bonds is 5. The smallest absolute Gasteiger partial charge is 0.315 e. The maximum atomic E-state index is 13.4. The highest BCUT2D eigenvalue weighted by atomic mass is 16.5. The largest absolute Gasteiger partial charge is 0.427 e. The molecule has 180 valence electrons. The number of benzene rings is 2. The summed E-state index contributed by atoms with van der Waals surface area (Å²) in [5.74, 6) is -0.0270. The quantitative estimate of drug-likeness (QED) is 0.623. The number of hydrogen-bond donors (Lipinski definition) is 1. The van der Waals surface area contributed by atoms with E-state index in [9.17, 15) is 9.59 Å². The molecule has 34 heavy (non-hydrogen) atoms. The van der Waals surface area contributed by atoms with E-state index >= 15 is 0 Å². The van der Waals surface area contributed by atoms with E-state index in [1.807, 2.05) is 45.9 Å². The fraction of sp³-hybridized carbons (Fsp3) is 0.448. The highest BCUT2D eigenvalue weighted by Gasteiger charge is 2.50. The summed E-state index contributed by atoms with van der Waals surface area (Å²) in [5, 5.41) is 3.21. The second-order valence-corrected chi connectivity index (χ2v) is 10.0. The predicted molar refractivity (Wildman–Crippen MR) is 133 cm³/mol. The summed E-state index contributed by atoms with van der Waals surface area (Å²) in [6.45, 7) is 10.1. The van der Waals surface area contributed by atoms with Crippen molar-refractivity contribution in [1.29, 1.82) is 0 Å². The van der Waals surface area contributed by atoms with Crippen LogP contribution < -0.4 is 5.32 Å². The van der Waals surface area contributed by atoms with Gasteiger partial charge in [-0.15, -0.1) is 0 Å². The minimum Gasteiger partial charge on any atom is -0.427 e. The number of amides is 1. The van der Waals surface area contributed by atoms with Crippen LogP contribution in [-0.4, -0.2) is 30.6 Å². The van der Waals surface area contributed by atoms with Crippen LogP contribution in [0.4, 0.5) is 0 Å². The van der Waals surface area contributed by atoms with Crippen LogP contribution in [0, 0.1) is 34.6 Å². The Morgan fingerprint density at radius 3 is 2.24 bits per heavy atom. The molecule has 0 saturated heterocycles. The van der Waals surface area contributed by atoms with Gasteiger partial charge in [0, 0.05) is 7.11 Å². The molecule has 2 aromatic rings. The molecule has 0 bridgehead atoms. The van der Waals surface area contributed by atoms with Gasteiger partial charge in [-0.25, -0.2) is 0 Å². The Balaban J connectivity index is 1.75. The maximum absolute atomic E-state index is 13.4.